The standard InChI is InChI=1S/C15H19BrN2O3/c1-20-14(19)9-21-15(13-3-2-11(16)7-18-13)5-4-10-6-17-8-12(10)15/h2-3,7,10,12,17H,4-6,8-9H2,1H3. The van der Waals surface area contributed by atoms with Gasteiger partial charge < -0.3 is 14.8 Å². The van der Waals surface area contributed by atoms with Gasteiger partial charge in [-0.2, -0.15) is 0 Å². The molecule has 0 radical (unpaired) electrons. The van der Waals surface area contributed by atoms with E-state index in [4.69, 9.17) is 9.47 Å². The van der Waals surface area contributed by atoms with E-state index in [1.54, 1.807) is 6.20 Å². The molecule has 2 heterocycles. The van der Waals surface area contributed by atoms with E-state index >= 15 is 0 Å². The largest absolute Gasteiger partial charge is 0.467 e. The molecule has 0 aromatic carbocycles. The summed E-state index contributed by atoms with van der Waals surface area (Å²) in [4.78, 5) is 16.0. The van der Waals surface area contributed by atoms with Crippen molar-refractivity contribution in [1.29, 1.82) is 0 Å². The number of carbonyl (C=O) groups excluding carboxylic acids is 1. The summed E-state index contributed by atoms with van der Waals surface area (Å²) in [7, 11) is 1.38. The van der Waals surface area contributed by atoms with E-state index in [9.17, 15) is 4.79 Å². The predicted octanol–water partition coefficient (Wildman–Crippen LogP) is 1.86. The third-order valence-electron chi connectivity index (χ3n) is 4.66. The van der Waals surface area contributed by atoms with Crippen molar-refractivity contribution in [2.45, 2.75) is 18.4 Å². The first-order chi connectivity index (χ1) is 10.2. The number of hydrogen-bond donors (Lipinski definition) is 1. The quantitative estimate of drug-likeness (QED) is 0.836. The molecule has 1 saturated heterocycles. The summed E-state index contributed by atoms with van der Waals surface area (Å²) in [6.07, 6.45) is 3.78. The van der Waals surface area contributed by atoms with E-state index < -0.39 is 5.60 Å². The number of methoxy groups -OCH3 is 1. The Morgan fingerprint density at radius 3 is 3.10 bits per heavy atom. The van der Waals surface area contributed by atoms with Crippen molar-refractivity contribution < 1.29 is 14.3 Å². The van der Waals surface area contributed by atoms with Crippen LogP contribution in [0.5, 0.6) is 0 Å². The number of rotatable bonds is 4. The van der Waals surface area contributed by atoms with E-state index in [1.807, 2.05) is 12.1 Å². The monoisotopic (exact) mass is 354 g/mol. The number of hydrogen-bond acceptors (Lipinski definition) is 5. The second-order valence-electron chi connectivity index (χ2n) is 5.68. The SMILES string of the molecule is COC(=O)COC1(c2ccc(Br)cn2)CCC2CNCC21. The first-order valence-corrected chi connectivity index (χ1v) is 7.98. The molecule has 1 aromatic rings. The second-order valence-corrected chi connectivity index (χ2v) is 6.60. The number of carbonyl (C=O) groups is 1. The molecular formula is C15H19BrN2O3. The molecule has 3 unspecified atom stereocenters. The zero-order valence-electron chi connectivity index (χ0n) is 12.0. The fraction of sp³-hybridized carbons (Fsp3) is 0.600. The fourth-order valence-electron chi connectivity index (χ4n) is 3.61. The minimum Gasteiger partial charge on any atom is -0.467 e. The lowest BCUT2D eigenvalue weighted by Crippen LogP contribution is -2.39. The first kappa shape index (κ1) is 14.9. The number of ether oxygens (including phenoxy) is 2. The Bertz CT molecular complexity index is 522. The van der Waals surface area contributed by atoms with Crippen LogP contribution in [0.4, 0.5) is 0 Å². The highest BCUT2D eigenvalue weighted by molar-refractivity contribution is 9.10. The number of fused-ring (bicyclic) bond motifs is 1. The summed E-state index contributed by atoms with van der Waals surface area (Å²) in [5.41, 5.74) is 0.425. The lowest BCUT2D eigenvalue weighted by atomic mass is 9.84. The van der Waals surface area contributed by atoms with Gasteiger partial charge in [0.15, 0.2) is 0 Å². The Labute approximate surface area is 132 Å². The average Bonchev–Trinajstić information content (AvgIpc) is 3.09. The molecule has 3 rings (SSSR count). The molecule has 0 bridgehead atoms. The van der Waals surface area contributed by atoms with E-state index in [0.717, 1.165) is 36.1 Å². The number of aromatic nitrogens is 1. The van der Waals surface area contributed by atoms with Crippen LogP contribution in [0.2, 0.25) is 0 Å². The molecule has 1 aliphatic heterocycles. The fourth-order valence-corrected chi connectivity index (χ4v) is 3.85. The molecule has 1 saturated carbocycles. The third-order valence-corrected chi connectivity index (χ3v) is 5.13. The van der Waals surface area contributed by atoms with E-state index in [1.165, 1.54) is 7.11 Å². The molecule has 21 heavy (non-hydrogen) atoms. The van der Waals surface area contributed by atoms with Gasteiger partial charge in [-0.05, 0) is 53.4 Å². The summed E-state index contributed by atoms with van der Waals surface area (Å²) in [5.74, 6) is 0.602. The molecule has 1 N–H and O–H groups in total. The van der Waals surface area contributed by atoms with Gasteiger partial charge in [-0.3, -0.25) is 4.98 Å². The normalized spacial score (nSPS) is 31.1. The molecule has 0 spiro atoms. The smallest absolute Gasteiger partial charge is 0.331 e. The van der Waals surface area contributed by atoms with Gasteiger partial charge in [-0.25, -0.2) is 4.79 Å². The van der Waals surface area contributed by atoms with Gasteiger partial charge in [-0.1, -0.05) is 0 Å². The van der Waals surface area contributed by atoms with Crippen LogP contribution in [-0.2, 0) is 19.9 Å². The highest BCUT2D eigenvalue weighted by Crippen LogP contribution is 2.50. The van der Waals surface area contributed by atoms with Crippen LogP contribution in [0.3, 0.4) is 0 Å². The van der Waals surface area contributed by atoms with Crippen molar-refractivity contribution in [1.82, 2.24) is 10.3 Å². The lowest BCUT2D eigenvalue weighted by Gasteiger charge is -2.34. The summed E-state index contributed by atoms with van der Waals surface area (Å²) in [6.45, 7) is 1.89. The highest BCUT2D eigenvalue weighted by atomic mass is 79.9. The molecule has 1 aliphatic carbocycles. The average molecular weight is 355 g/mol. The second kappa shape index (κ2) is 6.02. The number of pyridine rings is 1. The van der Waals surface area contributed by atoms with Crippen LogP contribution in [0.1, 0.15) is 18.5 Å². The Kier molecular flexibility index (Phi) is 4.28. The van der Waals surface area contributed by atoms with Gasteiger partial charge >= 0.3 is 5.97 Å². The van der Waals surface area contributed by atoms with Crippen LogP contribution in [0, 0.1) is 11.8 Å². The van der Waals surface area contributed by atoms with Crippen molar-refractivity contribution in [2.24, 2.45) is 11.8 Å². The maximum Gasteiger partial charge on any atom is 0.331 e. The van der Waals surface area contributed by atoms with Gasteiger partial charge in [0.2, 0.25) is 0 Å². The van der Waals surface area contributed by atoms with E-state index in [0.29, 0.717) is 11.8 Å². The Morgan fingerprint density at radius 1 is 1.52 bits per heavy atom. The van der Waals surface area contributed by atoms with Gasteiger partial charge in [0.05, 0.1) is 12.8 Å². The highest BCUT2D eigenvalue weighted by Gasteiger charge is 2.53. The summed E-state index contributed by atoms with van der Waals surface area (Å²) < 4.78 is 11.7. The predicted molar refractivity (Wildman–Crippen MR) is 80.7 cm³/mol. The van der Waals surface area contributed by atoms with Gasteiger partial charge in [0, 0.05) is 23.1 Å². The zero-order valence-corrected chi connectivity index (χ0v) is 13.6. The third kappa shape index (κ3) is 2.72. The van der Waals surface area contributed by atoms with E-state index in [-0.39, 0.29) is 12.6 Å². The van der Waals surface area contributed by atoms with E-state index in [2.05, 4.69) is 26.2 Å². The van der Waals surface area contributed by atoms with Crippen molar-refractivity contribution in [3.63, 3.8) is 0 Å². The Balaban J connectivity index is 1.90. The summed E-state index contributed by atoms with van der Waals surface area (Å²) >= 11 is 3.41. The molecule has 5 nitrogen and oxygen atoms in total. The number of halogens is 1. The zero-order chi connectivity index (χ0) is 14.9. The van der Waals surface area contributed by atoms with Crippen LogP contribution in [0.15, 0.2) is 22.8 Å². The molecule has 114 valence electrons. The van der Waals surface area contributed by atoms with Gasteiger partial charge in [-0.15, -0.1) is 0 Å². The molecule has 6 heteroatoms. The van der Waals surface area contributed by atoms with Gasteiger partial charge in [0.1, 0.15) is 12.2 Å². The summed E-state index contributed by atoms with van der Waals surface area (Å²) in [6, 6.07) is 3.96. The number of nitrogens with one attached hydrogen (secondary N) is 1. The number of nitrogens with zero attached hydrogens (tertiary/aromatic N) is 1. The Morgan fingerprint density at radius 2 is 2.38 bits per heavy atom. The van der Waals surface area contributed by atoms with Crippen molar-refractivity contribution in [2.75, 3.05) is 26.8 Å². The van der Waals surface area contributed by atoms with Crippen molar-refractivity contribution >= 4 is 21.9 Å². The first-order valence-electron chi connectivity index (χ1n) is 7.19. The Hall–Kier alpha value is -0.980. The number of esters is 1. The maximum absolute atomic E-state index is 11.5. The van der Waals surface area contributed by atoms with Crippen LogP contribution in [0.25, 0.3) is 0 Å². The van der Waals surface area contributed by atoms with Crippen LogP contribution in [-0.4, -0.2) is 37.8 Å². The molecule has 0 amide bonds. The molecule has 2 fully saturated rings. The van der Waals surface area contributed by atoms with Crippen LogP contribution >= 0.6 is 15.9 Å². The molecule has 2 aliphatic rings. The summed E-state index contributed by atoms with van der Waals surface area (Å²) in [5, 5.41) is 3.43. The minimum atomic E-state index is -0.483. The molecule has 1 aromatic heterocycles. The van der Waals surface area contributed by atoms with Crippen LogP contribution < -0.4 is 5.32 Å². The van der Waals surface area contributed by atoms with Crippen molar-refractivity contribution in [3.05, 3.63) is 28.5 Å². The topological polar surface area (TPSA) is 60.5 Å². The molecular weight excluding hydrogens is 336 g/mol. The molecule has 3 atom stereocenters. The minimum absolute atomic E-state index is 0.0303. The van der Waals surface area contributed by atoms with Crippen molar-refractivity contribution in [3.8, 4) is 0 Å². The van der Waals surface area contributed by atoms with Gasteiger partial charge in [0.25, 0.3) is 0 Å². The lowest BCUT2D eigenvalue weighted by molar-refractivity contribution is -0.157. The maximum atomic E-state index is 11.5.